The van der Waals surface area contributed by atoms with E-state index >= 15 is 0 Å². The highest BCUT2D eigenvalue weighted by molar-refractivity contribution is 7.85. The fraction of sp³-hybridized carbons (Fsp3) is 0.947. The molecule has 0 saturated heterocycles. The van der Waals surface area contributed by atoms with Crippen LogP contribution in [0.3, 0.4) is 0 Å². The molecule has 0 spiro atoms. The van der Waals surface area contributed by atoms with Gasteiger partial charge in [-0.2, -0.15) is 8.42 Å². The minimum absolute atomic E-state index is 0.216. The lowest BCUT2D eigenvalue weighted by Gasteiger charge is -2.04. The van der Waals surface area contributed by atoms with Gasteiger partial charge in [0, 0.05) is 6.42 Å². The molecule has 25 heavy (non-hydrogen) atoms. The van der Waals surface area contributed by atoms with E-state index < -0.39 is 22.0 Å². The van der Waals surface area contributed by atoms with Gasteiger partial charge in [-0.3, -0.25) is 9.35 Å². The second-order valence-corrected chi connectivity index (χ2v) is 8.32. The molecule has 0 aromatic heterocycles. The van der Waals surface area contributed by atoms with Gasteiger partial charge < -0.3 is 4.74 Å². The van der Waals surface area contributed by atoms with Crippen LogP contribution < -0.4 is 0 Å². The molecular formula is C19H38O5S. The monoisotopic (exact) mass is 378 g/mol. The Morgan fingerprint density at radius 3 is 1.44 bits per heavy atom. The van der Waals surface area contributed by atoms with Crippen molar-refractivity contribution >= 4 is 16.1 Å². The van der Waals surface area contributed by atoms with Crippen molar-refractivity contribution in [1.82, 2.24) is 0 Å². The summed E-state index contributed by atoms with van der Waals surface area (Å²) in [5, 5.41) is 0. The summed E-state index contributed by atoms with van der Waals surface area (Å²) in [7, 11) is -4.22. The Bertz CT molecular complexity index is 406. The van der Waals surface area contributed by atoms with Crippen molar-refractivity contribution in [3.05, 3.63) is 0 Å². The van der Waals surface area contributed by atoms with Crippen molar-refractivity contribution in [1.29, 1.82) is 0 Å². The molecule has 0 unspecified atom stereocenters. The number of rotatable bonds is 18. The lowest BCUT2D eigenvalue weighted by Crippen LogP contribution is -2.13. The zero-order valence-corrected chi connectivity index (χ0v) is 16.8. The molecule has 0 amide bonds. The van der Waals surface area contributed by atoms with Gasteiger partial charge in [-0.15, -0.1) is 0 Å². The van der Waals surface area contributed by atoms with Crippen LogP contribution in [0.25, 0.3) is 0 Å². The molecule has 0 saturated carbocycles. The third kappa shape index (κ3) is 21.3. The van der Waals surface area contributed by atoms with E-state index in [0.29, 0.717) is 6.42 Å². The van der Waals surface area contributed by atoms with Crippen LogP contribution in [0.5, 0.6) is 0 Å². The molecular weight excluding hydrogens is 340 g/mol. The molecule has 1 N–H and O–H groups in total. The Morgan fingerprint density at radius 1 is 0.720 bits per heavy atom. The average Bonchev–Trinajstić information content (AvgIpc) is 2.56. The predicted octanol–water partition coefficient (Wildman–Crippen LogP) is 5.64. The van der Waals surface area contributed by atoms with E-state index in [9.17, 15) is 13.2 Å². The van der Waals surface area contributed by atoms with Crippen LogP contribution in [0.15, 0.2) is 0 Å². The van der Waals surface area contributed by atoms with Gasteiger partial charge >= 0.3 is 16.1 Å². The molecule has 0 aliphatic carbocycles. The second-order valence-electron chi connectivity index (χ2n) is 6.92. The van der Waals surface area contributed by atoms with Crippen LogP contribution in [0.4, 0.5) is 0 Å². The molecule has 0 aliphatic rings. The number of esters is 1. The number of hydrogen-bond donors (Lipinski definition) is 1. The van der Waals surface area contributed by atoms with Crippen LogP contribution in [0.2, 0.25) is 0 Å². The van der Waals surface area contributed by atoms with Crippen LogP contribution in [-0.4, -0.2) is 24.9 Å². The molecule has 0 aliphatic heterocycles. The maximum atomic E-state index is 11.2. The Hall–Kier alpha value is -0.620. The van der Waals surface area contributed by atoms with Gasteiger partial charge in [0.05, 0.1) is 0 Å². The van der Waals surface area contributed by atoms with Gasteiger partial charge in [-0.25, -0.2) is 0 Å². The smallest absolute Gasteiger partial charge is 0.306 e. The van der Waals surface area contributed by atoms with Gasteiger partial charge in [-0.05, 0) is 6.42 Å². The van der Waals surface area contributed by atoms with Crippen LogP contribution >= 0.6 is 0 Å². The zero-order valence-electron chi connectivity index (χ0n) is 16.0. The molecule has 0 bridgehead atoms. The normalized spacial score (nSPS) is 11.6. The summed E-state index contributed by atoms with van der Waals surface area (Å²) < 4.78 is 33.8. The van der Waals surface area contributed by atoms with Crippen molar-refractivity contribution in [3.63, 3.8) is 0 Å². The summed E-state index contributed by atoms with van der Waals surface area (Å²) in [6, 6.07) is 0. The standard InChI is InChI=1S/C19H38O5S/c1-2-3-4-5-6-7-8-9-10-11-12-13-14-15-16-17-19(20)24-18-25(21,22)23/h2-18H2,1H3,(H,21,22,23). The Kier molecular flexibility index (Phi) is 16.4. The number of hydrogen-bond acceptors (Lipinski definition) is 4. The van der Waals surface area contributed by atoms with E-state index in [1.54, 1.807) is 0 Å². The summed E-state index contributed by atoms with van der Waals surface area (Å²) >= 11 is 0. The molecule has 0 fully saturated rings. The SMILES string of the molecule is CCCCCCCCCCCCCCCCCC(=O)OCS(=O)(=O)O. The summed E-state index contributed by atoms with van der Waals surface area (Å²) in [5.74, 6) is -1.50. The van der Waals surface area contributed by atoms with Crippen molar-refractivity contribution in [2.24, 2.45) is 0 Å². The van der Waals surface area contributed by atoms with E-state index in [-0.39, 0.29) is 6.42 Å². The molecule has 6 heteroatoms. The molecule has 0 atom stereocenters. The summed E-state index contributed by atoms with van der Waals surface area (Å²) in [6.45, 7) is 2.25. The van der Waals surface area contributed by atoms with E-state index in [4.69, 9.17) is 4.55 Å². The van der Waals surface area contributed by atoms with Gasteiger partial charge in [0.25, 0.3) is 0 Å². The maximum absolute atomic E-state index is 11.2. The van der Waals surface area contributed by atoms with Crippen molar-refractivity contribution in [3.8, 4) is 0 Å². The fourth-order valence-electron chi connectivity index (χ4n) is 2.85. The number of ether oxygens (including phenoxy) is 1. The van der Waals surface area contributed by atoms with E-state index in [1.165, 1.54) is 77.0 Å². The van der Waals surface area contributed by atoms with Gasteiger partial charge in [0.1, 0.15) is 0 Å². The first-order valence-electron chi connectivity index (χ1n) is 10.1. The lowest BCUT2D eigenvalue weighted by atomic mass is 10.0. The topological polar surface area (TPSA) is 80.7 Å². The second kappa shape index (κ2) is 16.8. The summed E-state index contributed by atoms with van der Waals surface area (Å²) in [5.41, 5.74) is 0. The van der Waals surface area contributed by atoms with Gasteiger partial charge in [0.15, 0.2) is 0 Å². The Labute approximate surface area is 154 Å². The third-order valence-electron chi connectivity index (χ3n) is 4.35. The maximum Gasteiger partial charge on any atom is 0.306 e. The molecule has 0 aromatic rings. The van der Waals surface area contributed by atoms with Gasteiger partial charge in [0.2, 0.25) is 5.94 Å². The minimum Gasteiger partial charge on any atom is -0.447 e. The molecule has 0 heterocycles. The average molecular weight is 379 g/mol. The van der Waals surface area contributed by atoms with E-state index in [0.717, 1.165) is 12.8 Å². The zero-order chi connectivity index (χ0) is 18.8. The first-order chi connectivity index (χ1) is 12.0. The summed E-state index contributed by atoms with van der Waals surface area (Å²) in [4.78, 5) is 11.2. The molecule has 0 radical (unpaired) electrons. The van der Waals surface area contributed by atoms with E-state index in [2.05, 4.69) is 11.7 Å². The summed E-state index contributed by atoms with van der Waals surface area (Å²) in [6.07, 6.45) is 19.1. The quantitative estimate of drug-likeness (QED) is 0.190. The largest absolute Gasteiger partial charge is 0.447 e. The Balaban J connectivity index is 3.17. The molecule has 0 aromatic carbocycles. The number of carbonyl (C=O) groups is 1. The molecule has 5 nitrogen and oxygen atoms in total. The van der Waals surface area contributed by atoms with Crippen molar-refractivity contribution < 1.29 is 22.5 Å². The first-order valence-corrected chi connectivity index (χ1v) is 11.7. The number of unbranched alkanes of at least 4 members (excludes halogenated alkanes) is 14. The van der Waals surface area contributed by atoms with Crippen LogP contribution in [0.1, 0.15) is 110 Å². The van der Waals surface area contributed by atoms with Gasteiger partial charge in [-0.1, -0.05) is 96.8 Å². The highest BCUT2D eigenvalue weighted by Gasteiger charge is 2.09. The minimum atomic E-state index is -4.22. The van der Waals surface area contributed by atoms with Crippen LogP contribution in [0, 0.1) is 0 Å². The first kappa shape index (κ1) is 24.4. The number of carbonyl (C=O) groups excluding carboxylic acids is 1. The lowest BCUT2D eigenvalue weighted by molar-refractivity contribution is -0.141. The van der Waals surface area contributed by atoms with Crippen molar-refractivity contribution in [2.45, 2.75) is 110 Å². The fourth-order valence-corrected chi connectivity index (χ4v) is 3.13. The van der Waals surface area contributed by atoms with Crippen LogP contribution in [-0.2, 0) is 19.6 Å². The Morgan fingerprint density at radius 2 is 1.08 bits per heavy atom. The van der Waals surface area contributed by atoms with Crippen molar-refractivity contribution in [2.75, 3.05) is 5.94 Å². The molecule has 0 rings (SSSR count). The highest BCUT2D eigenvalue weighted by atomic mass is 32.2. The molecule has 150 valence electrons. The highest BCUT2D eigenvalue weighted by Crippen LogP contribution is 2.13. The van der Waals surface area contributed by atoms with E-state index in [1.807, 2.05) is 0 Å². The predicted molar refractivity (Wildman–Crippen MR) is 102 cm³/mol. The third-order valence-corrected chi connectivity index (χ3v) is 4.77.